The highest BCUT2D eigenvalue weighted by molar-refractivity contribution is 7.82. The van der Waals surface area contributed by atoms with E-state index >= 15 is 0 Å². The topological polar surface area (TPSA) is 192 Å². The molecule has 0 fully saturated rings. The molecule has 0 spiro atoms. The summed E-state index contributed by atoms with van der Waals surface area (Å²) in [6, 6.07) is 10.4. The number of ether oxygens (including phenoxy) is 1. The first-order chi connectivity index (χ1) is 14.3. The lowest BCUT2D eigenvalue weighted by atomic mass is 10.2. The van der Waals surface area contributed by atoms with Crippen LogP contribution >= 0.6 is 0 Å². The summed E-state index contributed by atoms with van der Waals surface area (Å²) >= 11 is 0. The minimum atomic E-state index is -1.58. The Kier molecular flexibility index (Phi) is 6.29. The molecule has 3 rings (SSSR count). The molecule has 0 aliphatic heterocycles. The van der Waals surface area contributed by atoms with Crippen molar-refractivity contribution in [1.29, 1.82) is 0 Å². The third-order valence-corrected chi connectivity index (χ3v) is 4.56. The average Bonchev–Trinajstić information content (AvgIpc) is 2.72. The molecule has 11 nitrogen and oxygen atoms in total. The molecule has 12 heteroatoms. The van der Waals surface area contributed by atoms with Crippen LogP contribution < -0.4 is 16.6 Å². The van der Waals surface area contributed by atoms with Crippen molar-refractivity contribution in [2.75, 3.05) is 11.5 Å². The summed E-state index contributed by atoms with van der Waals surface area (Å²) in [5, 5.41) is 23.3. The van der Waals surface area contributed by atoms with Crippen molar-refractivity contribution < 1.29 is 18.8 Å². The lowest BCUT2D eigenvalue weighted by Crippen LogP contribution is -2.09. The number of azo groups is 1. The van der Waals surface area contributed by atoms with E-state index in [9.17, 15) is 14.1 Å². The molecule has 1 atom stereocenters. The van der Waals surface area contributed by atoms with Crippen molar-refractivity contribution >= 4 is 40.1 Å². The van der Waals surface area contributed by atoms with E-state index in [0.29, 0.717) is 21.8 Å². The van der Waals surface area contributed by atoms with Crippen molar-refractivity contribution in [3.63, 3.8) is 0 Å². The maximum atomic E-state index is 12.3. The number of rotatable bonds is 6. The van der Waals surface area contributed by atoms with Gasteiger partial charge >= 0.3 is 5.97 Å². The molecule has 0 saturated carbocycles. The Bertz CT molecular complexity index is 1140. The van der Waals surface area contributed by atoms with Gasteiger partial charge in [0, 0.05) is 6.20 Å². The number of hydrogen-bond donors (Lipinski definition) is 4. The van der Waals surface area contributed by atoms with Crippen LogP contribution in [0.4, 0.5) is 23.1 Å². The molecule has 0 saturated heterocycles. The molecule has 30 heavy (non-hydrogen) atoms. The van der Waals surface area contributed by atoms with Crippen LogP contribution in [0, 0.1) is 0 Å². The van der Waals surface area contributed by atoms with Crippen LogP contribution in [-0.2, 0) is 22.3 Å². The van der Waals surface area contributed by atoms with Crippen LogP contribution in [-0.4, -0.2) is 25.3 Å². The Labute approximate surface area is 173 Å². The van der Waals surface area contributed by atoms with Gasteiger partial charge in [-0.2, -0.15) is 15.2 Å². The highest BCUT2D eigenvalue weighted by atomic mass is 32.2. The Morgan fingerprint density at radius 1 is 1.10 bits per heavy atom. The first-order valence-corrected chi connectivity index (χ1v) is 9.60. The van der Waals surface area contributed by atoms with Crippen molar-refractivity contribution in [3.8, 4) is 5.75 Å². The number of nitrogens with two attached hydrogens (primary N) is 3. The van der Waals surface area contributed by atoms with E-state index in [1.165, 1.54) is 24.4 Å². The highest BCUT2D eigenvalue weighted by Gasteiger charge is 2.15. The standard InChI is InChI=1S/C18H17N7O4S/c19-16-10(8-22-18(20)23-16)9-29-17(27)14-7-12(3-6-15(14)26)25-24-11-1-4-13(5-2-11)30(21)28/h1-8,26H,9,21H2,(H4,19,20,22,23). The number of aromatic hydroxyl groups is 1. The van der Waals surface area contributed by atoms with Crippen LogP contribution in [0.2, 0.25) is 0 Å². The fourth-order valence-electron chi connectivity index (χ4n) is 2.28. The van der Waals surface area contributed by atoms with E-state index in [1.54, 1.807) is 24.3 Å². The number of carbonyl (C=O) groups excluding carboxylic acids is 1. The number of hydrogen-bond acceptors (Lipinski definition) is 10. The molecule has 1 aromatic heterocycles. The van der Waals surface area contributed by atoms with Crippen LogP contribution in [0.1, 0.15) is 15.9 Å². The zero-order chi connectivity index (χ0) is 21.7. The lowest BCUT2D eigenvalue weighted by molar-refractivity contribution is 0.0470. The Hall–Kier alpha value is -3.90. The number of esters is 1. The Morgan fingerprint density at radius 2 is 1.77 bits per heavy atom. The molecule has 2 aromatic carbocycles. The molecule has 0 aliphatic carbocycles. The number of nitrogen functional groups attached to an aromatic ring is 2. The zero-order valence-corrected chi connectivity index (χ0v) is 16.2. The van der Waals surface area contributed by atoms with Gasteiger partial charge in [0.05, 0.1) is 21.8 Å². The van der Waals surface area contributed by atoms with Gasteiger partial charge < -0.3 is 21.3 Å². The Morgan fingerprint density at radius 3 is 2.43 bits per heavy atom. The van der Waals surface area contributed by atoms with Crippen molar-refractivity contribution in [1.82, 2.24) is 9.97 Å². The van der Waals surface area contributed by atoms with Gasteiger partial charge in [-0.1, -0.05) is 0 Å². The summed E-state index contributed by atoms with van der Waals surface area (Å²) in [6.07, 6.45) is 1.35. The summed E-state index contributed by atoms with van der Waals surface area (Å²) in [6.45, 7) is -0.203. The van der Waals surface area contributed by atoms with Gasteiger partial charge in [-0.05, 0) is 42.5 Å². The van der Waals surface area contributed by atoms with Crippen molar-refractivity contribution in [3.05, 3.63) is 59.8 Å². The van der Waals surface area contributed by atoms with Gasteiger partial charge in [0.25, 0.3) is 0 Å². The minimum Gasteiger partial charge on any atom is -0.507 e. The van der Waals surface area contributed by atoms with E-state index in [1.807, 2.05) is 0 Å². The number of aromatic nitrogens is 2. The number of phenolic OH excluding ortho intramolecular Hbond substituents is 1. The fourth-order valence-corrected chi connectivity index (χ4v) is 2.68. The van der Waals surface area contributed by atoms with Crippen LogP contribution in [0.25, 0.3) is 0 Å². The fraction of sp³-hybridized carbons (Fsp3) is 0.0556. The van der Waals surface area contributed by atoms with E-state index in [2.05, 4.69) is 20.2 Å². The SMILES string of the molecule is Nc1ncc(COC(=O)c2cc(N=Nc3ccc(S(N)=O)cc3)ccc2O)c(N)n1. The number of anilines is 2. The minimum absolute atomic E-state index is 0.00390. The van der Waals surface area contributed by atoms with Gasteiger partial charge in [0.15, 0.2) is 0 Å². The van der Waals surface area contributed by atoms with Gasteiger partial charge in [0.1, 0.15) is 34.7 Å². The molecule has 3 aromatic rings. The third-order valence-electron chi connectivity index (χ3n) is 3.83. The summed E-state index contributed by atoms with van der Waals surface area (Å²) in [4.78, 5) is 20.4. The maximum absolute atomic E-state index is 12.3. The average molecular weight is 427 g/mol. The second-order valence-electron chi connectivity index (χ2n) is 5.91. The normalized spacial score (nSPS) is 12.0. The monoisotopic (exact) mass is 427 g/mol. The molecule has 1 heterocycles. The molecule has 0 bridgehead atoms. The summed E-state index contributed by atoms with van der Waals surface area (Å²) < 4.78 is 16.4. The van der Waals surface area contributed by atoms with E-state index in [4.69, 9.17) is 21.3 Å². The molecule has 7 N–H and O–H groups in total. The quantitative estimate of drug-likeness (QED) is 0.339. The van der Waals surface area contributed by atoms with Crippen molar-refractivity contribution in [2.45, 2.75) is 11.5 Å². The summed E-state index contributed by atoms with van der Waals surface area (Å²) in [7, 11) is -1.58. The number of carbonyl (C=O) groups is 1. The molecule has 1 unspecified atom stereocenters. The summed E-state index contributed by atoms with van der Waals surface area (Å²) in [5.74, 6) is -0.985. The molecular weight excluding hydrogens is 410 g/mol. The predicted molar refractivity (Wildman–Crippen MR) is 109 cm³/mol. The van der Waals surface area contributed by atoms with Crippen LogP contribution in [0.15, 0.2) is 63.8 Å². The molecule has 154 valence electrons. The third kappa shape index (κ3) is 5.12. The van der Waals surface area contributed by atoms with Gasteiger partial charge in [-0.15, -0.1) is 0 Å². The smallest absolute Gasteiger partial charge is 0.342 e. The first kappa shape index (κ1) is 20.8. The first-order valence-electron chi connectivity index (χ1n) is 8.38. The van der Waals surface area contributed by atoms with E-state index in [0.717, 1.165) is 0 Å². The predicted octanol–water partition coefficient (Wildman–Crippen LogP) is 2.10. The van der Waals surface area contributed by atoms with Gasteiger partial charge in [-0.3, -0.25) is 0 Å². The molecule has 0 amide bonds. The lowest BCUT2D eigenvalue weighted by Gasteiger charge is -2.08. The Balaban J connectivity index is 1.72. The van der Waals surface area contributed by atoms with Crippen LogP contribution in [0.5, 0.6) is 5.75 Å². The van der Waals surface area contributed by atoms with E-state index < -0.39 is 17.0 Å². The largest absolute Gasteiger partial charge is 0.507 e. The molecular formula is C18H17N7O4S. The van der Waals surface area contributed by atoms with E-state index in [-0.39, 0.29) is 29.7 Å². The second-order valence-corrected chi connectivity index (χ2v) is 6.97. The van der Waals surface area contributed by atoms with Gasteiger partial charge in [-0.25, -0.2) is 19.1 Å². The summed E-state index contributed by atoms with van der Waals surface area (Å²) in [5.41, 5.74) is 12.2. The zero-order valence-electron chi connectivity index (χ0n) is 15.4. The van der Waals surface area contributed by atoms with Crippen LogP contribution in [0.3, 0.4) is 0 Å². The van der Waals surface area contributed by atoms with Gasteiger partial charge in [0.2, 0.25) is 5.95 Å². The molecule has 0 radical (unpaired) electrons. The van der Waals surface area contributed by atoms with Crippen molar-refractivity contribution in [2.24, 2.45) is 15.4 Å². The second kappa shape index (κ2) is 9.07. The maximum Gasteiger partial charge on any atom is 0.342 e. The molecule has 0 aliphatic rings. The number of benzene rings is 2. The highest BCUT2D eigenvalue weighted by Crippen LogP contribution is 2.26. The number of phenols is 1. The number of nitrogens with zero attached hydrogens (tertiary/aromatic N) is 4.